The minimum absolute atomic E-state index is 0.0173. The van der Waals surface area contributed by atoms with Gasteiger partial charge < -0.3 is 15.3 Å². The zero-order chi connectivity index (χ0) is 16.1. The first-order chi connectivity index (χ1) is 11.3. The molecule has 0 bridgehead atoms. The molecule has 23 heavy (non-hydrogen) atoms. The van der Waals surface area contributed by atoms with Gasteiger partial charge in [-0.1, -0.05) is 36.4 Å². The van der Waals surface area contributed by atoms with Crippen molar-refractivity contribution in [3.05, 3.63) is 48.0 Å². The number of carbonyl (C=O) groups is 1. The predicted octanol–water partition coefficient (Wildman–Crippen LogP) is 3.29. The van der Waals surface area contributed by atoms with Crippen LogP contribution in [0.3, 0.4) is 0 Å². The number of piperidine rings is 1. The lowest BCUT2D eigenvalue weighted by molar-refractivity contribution is 0.131. The smallest absolute Gasteiger partial charge is 0.317 e. The molecule has 2 amide bonds. The third-order valence-corrected chi connectivity index (χ3v) is 4.61. The first kappa shape index (κ1) is 15.8. The summed E-state index contributed by atoms with van der Waals surface area (Å²) in [4.78, 5) is 14.3. The van der Waals surface area contributed by atoms with Crippen molar-refractivity contribution in [2.45, 2.75) is 38.3 Å². The maximum Gasteiger partial charge on any atom is 0.317 e. The SMILES string of the molecule is O=C(NCc1ccc2ccccc2c1)N1CCCCC1CCO. The Hall–Kier alpha value is -2.07. The fraction of sp³-hybridized carbons (Fsp3) is 0.421. The highest BCUT2D eigenvalue weighted by molar-refractivity contribution is 5.83. The Labute approximate surface area is 137 Å². The summed E-state index contributed by atoms with van der Waals surface area (Å²) in [5.41, 5.74) is 1.10. The van der Waals surface area contributed by atoms with E-state index in [0.717, 1.165) is 31.4 Å². The van der Waals surface area contributed by atoms with Crippen molar-refractivity contribution in [2.75, 3.05) is 13.2 Å². The molecule has 3 rings (SSSR count). The number of fused-ring (bicyclic) bond motifs is 1. The number of nitrogens with one attached hydrogen (secondary N) is 1. The molecule has 1 saturated heterocycles. The summed E-state index contributed by atoms with van der Waals surface area (Å²) in [7, 11) is 0. The molecule has 122 valence electrons. The van der Waals surface area contributed by atoms with Crippen LogP contribution in [0.5, 0.6) is 0 Å². The minimum atomic E-state index is -0.0173. The molecule has 1 heterocycles. The van der Waals surface area contributed by atoms with E-state index in [2.05, 4.69) is 35.6 Å². The van der Waals surface area contributed by atoms with E-state index < -0.39 is 0 Å². The zero-order valence-electron chi connectivity index (χ0n) is 13.4. The van der Waals surface area contributed by atoms with Crippen LogP contribution in [-0.4, -0.2) is 35.2 Å². The Bertz CT molecular complexity index is 669. The van der Waals surface area contributed by atoms with Crippen molar-refractivity contribution in [3.63, 3.8) is 0 Å². The van der Waals surface area contributed by atoms with Gasteiger partial charge in [0.15, 0.2) is 0 Å². The van der Waals surface area contributed by atoms with Gasteiger partial charge in [-0.2, -0.15) is 0 Å². The first-order valence-corrected chi connectivity index (χ1v) is 8.41. The number of likely N-dealkylation sites (tertiary alicyclic amines) is 1. The van der Waals surface area contributed by atoms with Crippen molar-refractivity contribution in [1.82, 2.24) is 10.2 Å². The Morgan fingerprint density at radius 3 is 2.83 bits per heavy atom. The Kier molecular flexibility index (Phi) is 5.13. The van der Waals surface area contributed by atoms with Crippen LogP contribution in [0.15, 0.2) is 42.5 Å². The fourth-order valence-electron chi connectivity index (χ4n) is 3.35. The molecule has 0 radical (unpaired) electrons. The van der Waals surface area contributed by atoms with E-state index in [1.165, 1.54) is 10.8 Å². The van der Waals surface area contributed by atoms with Crippen LogP contribution in [0.25, 0.3) is 10.8 Å². The van der Waals surface area contributed by atoms with E-state index in [0.29, 0.717) is 13.0 Å². The summed E-state index contributed by atoms with van der Waals surface area (Å²) in [6.07, 6.45) is 3.85. The van der Waals surface area contributed by atoms with Crippen molar-refractivity contribution in [1.29, 1.82) is 0 Å². The normalized spacial score (nSPS) is 18.1. The van der Waals surface area contributed by atoms with Gasteiger partial charge in [0.05, 0.1) is 0 Å². The highest BCUT2D eigenvalue weighted by atomic mass is 16.3. The molecule has 1 aliphatic heterocycles. The number of aliphatic hydroxyl groups is 1. The van der Waals surface area contributed by atoms with Crippen LogP contribution in [-0.2, 0) is 6.54 Å². The second kappa shape index (κ2) is 7.47. The van der Waals surface area contributed by atoms with Crippen LogP contribution in [0.1, 0.15) is 31.2 Å². The summed E-state index contributed by atoms with van der Waals surface area (Å²) >= 11 is 0. The Balaban J connectivity index is 1.62. The lowest BCUT2D eigenvalue weighted by Gasteiger charge is -2.35. The van der Waals surface area contributed by atoms with E-state index in [-0.39, 0.29) is 18.7 Å². The molecule has 1 fully saturated rings. The van der Waals surface area contributed by atoms with Crippen LogP contribution < -0.4 is 5.32 Å². The van der Waals surface area contributed by atoms with E-state index in [1.54, 1.807) is 0 Å². The summed E-state index contributed by atoms with van der Waals surface area (Å²) in [5, 5.41) is 14.6. The molecular formula is C19H24N2O2. The molecule has 0 aromatic heterocycles. The van der Waals surface area contributed by atoms with E-state index >= 15 is 0 Å². The highest BCUT2D eigenvalue weighted by Crippen LogP contribution is 2.20. The molecule has 4 nitrogen and oxygen atoms in total. The number of amides is 2. The molecule has 2 N–H and O–H groups in total. The van der Waals surface area contributed by atoms with Gasteiger partial charge in [0, 0.05) is 25.7 Å². The predicted molar refractivity (Wildman–Crippen MR) is 92.2 cm³/mol. The molecular weight excluding hydrogens is 288 g/mol. The molecule has 2 aromatic carbocycles. The van der Waals surface area contributed by atoms with Crippen LogP contribution in [0.4, 0.5) is 4.79 Å². The number of rotatable bonds is 4. The maximum atomic E-state index is 12.5. The third kappa shape index (κ3) is 3.82. The summed E-state index contributed by atoms with van der Waals surface area (Å²) in [6.45, 7) is 1.46. The van der Waals surface area contributed by atoms with Gasteiger partial charge in [-0.3, -0.25) is 0 Å². The van der Waals surface area contributed by atoms with Gasteiger partial charge in [0.1, 0.15) is 0 Å². The van der Waals surface area contributed by atoms with Gasteiger partial charge in [0.2, 0.25) is 0 Å². The van der Waals surface area contributed by atoms with Crippen molar-refractivity contribution < 1.29 is 9.90 Å². The second-order valence-corrected chi connectivity index (χ2v) is 6.20. The van der Waals surface area contributed by atoms with Crippen LogP contribution >= 0.6 is 0 Å². The number of aliphatic hydroxyl groups excluding tert-OH is 1. The largest absolute Gasteiger partial charge is 0.396 e. The second-order valence-electron chi connectivity index (χ2n) is 6.20. The van der Waals surface area contributed by atoms with E-state index in [4.69, 9.17) is 5.11 Å². The molecule has 4 heteroatoms. The van der Waals surface area contributed by atoms with Crippen molar-refractivity contribution >= 4 is 16.8 Å². The molecule has 0 aliphatic carbocycles. The van der Waals surface area contributed by atoms with E-state index in [1.807, 2.05) is 17.0 Å². The van der Waals surface area contributed by atoms with Gasteiger partial charge in [-0.05, 0) is 48.1 Å². The molecule has 0 spiro atoms. The fourth-order valence-corrected chi connectivity index (χ4v) is 3.35. The molecule has 1 atom stereocenters. The van der Waals surface area contributed by atoms with Gasteiger partial charge in [-0.15, -0.1) is 0 Å². The minimum Gasteiger partial charge on any atom is -0.396 e. The number of hydrogen-bond acceptors (Lipinski definition) is 2. The van der Waals surface area contributed by atoms with Gasteiger partial charge in [0.25, 0.3) is 0 Å². The monoisotopic (exact) mass is 312 g/mol. The highest BCUT2D eigenvalue weighted by Gasteiger charge is 2.25. The Morgan fingerprint density at radius 2 is 2.00 bits per heavy atom. The lowest BCUT2D eigenvalue weighted by Crippen LogP contribution is -2.48. The Morgan fingerprint density at radius 1 is 1.17 bits per heavy atom. The van der Waals surface area contributed by atoms with Crippen LogP contribution in [0.2, 0.25) is 0 Å². The average Bonchev–Trinajstić information content (AvgIpc) is 2.60. The maximum absolute atomic E-state index is 12.5. The summed E-state index contributed by atoms with van der Waals surface area (Å²) in [6, 6.07) is 14.7. The number of nitrogens with zero attached hydrogens (tertiary/aromatic N) is 1. The van der Waals surface area contributed by atoms with Crippen molar-refractivity contribution in [2.24, 2.45) is 0 Å². The summed E-state index contributed by atoms with van der Waals surface area (Å²) < 4.78 is 0. The topological polar surface area (TPSA) is 52.6 Å². The number of benzene rings is 2. The quantitative estimate of drug-likeness (QED) is 0.910. The molecule has 1 aliphatic rings. The van der Waals surface area contributed by atoms with Gasteiger partial charge >= 0.3 is 6.03 Å². The summed E-state index contributed by atoms with van der Waals surface area (Å²) in [5.74, 6) is 0. The first-order valence-electron chi connectivity index (χ1n) is 8.41. The van der Waals surface area contributed by atoms with Crippen LogP contribution in [0, 0.1) is 0 Å². The lowest BCUT2D eigenvalue weighted by atomic mass is 10.00. The molecule has 0 saturated carbocycles. The van der Waals surface area contributed by atoms with Crippen molar-refractivity contribution in [3.8, 4) is 0 Å². The van der Waals surface area contributed by atoms with E-state index in [9.17, 15) is 4.79 Å². The molecule has 2 aromatic rings. The molecule has 1 unspecified atom stereocenters. The zero-order valence-corrected chi connectivity index (χ0v) is 13.4. The number of urea groups is 1. The average molecular weight is 312 g/mol. The van der Waals surface area contributed by atoms with Gasteiger partial charge in [-0.25, -0.2) is 4.79 Å². The third-order valence-electron chi connectivity index (χ3n) is 4.61. The number of carbonyl (C=O) groups excluding carboxylic acids is 1. The number of hydrogen-bond donors (Lipinski definition) is 2. The standard InChI is InChI=1S/C19H24N2O2/c22-12-10-18-7-3-4-11-21(18)19(23)20-14-15-8-9-16-5-1-2-6-17(16)13-15/h1-2,5-6,8-9,13,18,22H,3-4,7,10-12,14H2,(H,20,23).